The largest absolute Gasteiger partial charge is 0.480 e. The number of hydrogen-bond donors (Lipinski definition) is 2. The Morgan fingerprint density at radius 2 is 2.17 bits per heavy atom. The maximum atomic E-state index is 12.2. The Kier molecular flexibility index (Phi) is 3.94. The molecule has 10 heteroatoms. The number of carbonyl (C=O) groups is 2. The summed E-state index contributed by atoms with van der Waals surface area (Å²) in [6.45, 7) is 1.72. The van der Waals surface area contributed by atoms with Gasteiger partial charge in [0.05, 0.1) is 24.0 Å². The second-order valence-corrected chi connectivity index (χ2v) is 5.29. The predicted octanol–water partition coefficient (Wildman–Crippen LogP) is -0.117. The van der Waals surface area contributed by atoms with Crippen molar-refractivity contribution >= 4 is 22.9 Å². The van der Waals surface area contributed by atoms with Gasteiger partial charge in [0.25, 0.3) is 5.91 Å². The van der Waals surface area contributed by atoms with Gasteiger partial charge < -0.3 is 10.4 Å². The molecule has 0 atom stereocenters. The zero-order valence-electron chi connectivity index (χ0n) is 13.1. The number of carbonyl (C=O) groups excluding carboxylic acids is 1. The maximum Gasteiger partial charge on any atom is 0.325 e. The lowest BCUT2D eigenvalue weighted by Crippen LogP contribution is -2.23. The number of fused-ring (bicyclic) bond motifs is 1. The second-order valence-electron chi connectivity index (χ2n) is 5.29. The first-order valence-electron chi connectivity index (χ1n) is 7.12. The first-order valence-corrected chi connectivity index (χ1v) is 7.12. The molecule has 0 aromatic carbocycles. The fraction of sp³-hybridized carbons (Fsp3) is 0.286. The van der Waals surface area contributed by atoms with E-state index in [1.165, 1.54) is 17.1 Å². The van der Waals surface area contributed by atoms with Crippen LogP contribution in [0.15, 0.2) is 18.5 Å². The summed E-state index contributed by atoms with van der Waals surface area (Å²) in [4.78, 5) is 27.1. The maximum absolute atomic E-state index is 12.2. The van der Waals surface area contributed by atoms with Gasteiger partial charge in [-0.05, 0) is 13.0 Å². The van der Waals surface area contributed by atoms with Gasteiger partial charge in [0.2, 0.25) is 0 Å². The van der Waals surface area contributed by atoms with Crippen LogP contribution in [0.5, 0.6) is 0 Å². The Labute approximate surface area is 136 Å². The first-order chi connectivity index (χ1) is 11.4. The van der Waals surface area contributed by atoms with Crippen LogP contribution in [0.2, 0.25) is 0 Å². The van der Waals surface area contributed by atoms with E-state index in [2.05, 4.69) is 25.7 Å². The molecule has 0 spiro atoms. The van der Waals surface area contributed by atoms with Gasteiger partial charge in [-0.15, -0.1) is 5.10 Å². The molecule has 3 rings (SSSR count). The molecule has 24 heavy (non-hydrogen) atoms. The smallest absolute Gasteiger partial charge is 0.325 e. The van der Waals surface area contributed by atoms with Crippen molar-refractivity contribution in [2.24, 2.45) is 7.05 Å². The molecule has 10 nitrogen and oxygen atoms in total. The minimum atomic E-state index is -1.01. The van der Waals surface area contributed by atoms with Crippen LogP contribution in [-0.4, -0.2) is 46.7 Å². The highest BCUT2D eigenvalue weighted by molar-refractivity contribution is 5.97. The number of aromatic nitrogens is 6. The molecule has 0 saturated heterocycles. The van der Waals surface area contributed by atoms with Crippen LogP contribution < -0.4 is 5.32 Å². The van der Waals surface area contributed by atoms with E-state index >= 15 is 0 Å². The van der Waals surface area contributed by atoms with Crippen molar-refractivity contribution < 1.29 is 14.7 Å². The molecule has 3 aromatic heterocycles. The topological polar surface area (TPSA) is 128 Å². The van der Waals surface area contributed by atoms with Gasteiger partial charge >= 0.3 is 5.97 Å². The third-order valence-electron chi connectivity index (χ3n) is 3.44. The molecule has 0 aliphatic heterocycles. The normalized spacial score (nSPS) is 10.9. The zero-order valence-corrected chi connectivity index (χ0v) is 13.1. The Morgan fingerprint density at radius 1 is 1.38 bits per heavy atom. The quantitative estimate of drug-likeness (QED) is 0.668. The molecule has 3 heterocycles. The van der Waals surface area contributed by atoms with Crippen molar-refractivity contribution in [2.75, 3.05) is 0 Å². The third-order valence-corrected chi connectivity index (χ3v) is 3.44. The summed E-state index contributed by atoms with van der Waals surface area (Å²) in [5, 5.41) is 23.9. The molecule has 0 aliphatic rings. The Balaban J connectivity index is 1.69. The average molecular weight is 329 g/mol. The monoisotopic (exact) mass is 329 g/mol. The summed E-state index contributed by atoms with van der Waals surface area (Å²) < 4.78 is 2.85. The molecule has 124 valence electrons. The number of aryl methyl sites for hydroxylation is 2. The summed E-state index contributed by atoms with van der Waals surface area (Å²) in [7, 11) is 1.79. The van der Waals surface area contributed by atoms with E-state index in [9.17, 15) is 9.59 Å². The summed E-state index contributed by atoms with van der Waals surface area (Å²) in [6, 6.07) is 1.74. The molecule has 0 saturated carbocycles. The lowest BCUT2D eigenvalue weighted by atomic mass is 10.2. The molecule has 0 unspecified atom stereocenters. The van der Waals surface area contributed by atoms with Gasteiger partial charge in [0, 0.05) is 18.6 Å². The van der Waals surface area contributed by atoms with E-state index in [4.69, 9.17) is 5.11 Å². The van der Waals surface area contributed by atoms with Crippen molar-refractivity contribution in [2.45, 2.75) is 20.0 Å². The molecule has 2 N–H and O–H groups in total. The van der Waals surface area contributed by atoms with Gasteiger partial charge in [0.15, 0.2) is 5.65 Å². The van der Waals surface area contributed by atoms with E-state index < -0.39 is 5.97 Å². The number of aliphatic carboxylic acids is 1. The summed E-state index contributed by atoms with van der Waals surface area (Å²) in [6.07, 6.45) is 2.96. The molecule has 0 aliphatic carbocycles. The summed E-state index contributed by atoms with van der Waals surface area (Å²) >= 11 is 0. The van der Waals surface area contributed by atoms with Crippen LogP contribution in [0.3, 0.4) is 0 Å². The second kappa shape index (κ2) is 6.07. The van der Waals surface area contributed by atoms with E-state index in [1.54, 1.807) is 17.8 Å². The van der Waals surface area contributed by atoms with Gasteiger partial charge in [-0.1, -0.05) is 5.21 Å². The number of carboxylic acids is 1. The third kappa shape index (κ3) is 3.07. The molecule has 0 radical (unpaired) electrons. The minimum absolute atomic E-state index is 0.141. The van der Waals surface area contributed by atoms with Gasteiger partial charge in [0.1, 0.15) is 12.2 Å². The highest BCUT2D eigenvalue weighted by Gasteiger charge is 2.12. The van der Waals surface area contributed by atoms with Crippen molar-refractivity contribution in [3.8, 4) is 0 Å². The molecule has 0 bridgehead atoms. The molecule has 0 fully saturated rings. The number of rotatable bonds is 5. The summed E-state index contributed by atoms with van der Waals surface area (Å²) in [5.41, 5.74) is 2.39. The van der Waals surface area contributed by atoms with Crippen LogP contribution >= 0.6 is 0 Å². The summed E-state index contributed by atoms with van der Waals surface area (Å²) in [5.74, 6) is -1.32. The van der Waals surface area contributed by atoms with Crippen LogP contribution in [-0.2, 0) is 24.9 Å². The lowest BCUT2D eigenvalue weighted by molar-refractivity contribution is -0.137. The van der Waals surface area contributed by atoms with Crippen molar-refractivity contribution in [3.05, 3.63) is 35.4 Å². The number of nitrogens with one attached hydrogen (secondary N) is 1. The van der Waals surface area contributed by atoms with Crippen molar-refractivity contribution in [1.29, 1.82) is 0 Å². The van der Waals surface area contributed by atoms with Crippen LogP contribution in [0.4, 0.5) is 0 Å². The van der Waals surface area contributed by atoms with Crippen LogP contribution in [0, 0.1) is 6.92 Å². The number of carboxylic acid groups (broad SMARTS) is 1. The fourth-order valence-electron chi connectivity index (χ4n) is 2.34. The minimum Gasteiger partial charge on any atom is -0.480 e. The average Bonchev–Trinajstić information content (AvgIpc) is 3.09. The van der Waals surface area contributed by atoms with E-state index in [1.807, 2.05) is 6.92 Å². The van der Waals surface area contributed by atoms with Crippen molar-refractivity contribution in [1.82, 2.24) is 35.1 Å². The molecular weight excluding hydrogens is 314 g/mol. The lowest BCUT2D eigenvalue weighted by Gasteiger charge is -2.03. The van der Waals surface area contributed by atoms with Gasteiger partial charge in [-0.2, -0.15) is 5.10 Å². The molecule has 3 aromatic rings. The van der Waals surface area contributed by atoms with Gasteiger partial charge in [-0.3, -0.25) is 14.3 Å². The Morgan fingerprint density at radius 3 is 2.92 bits per heavy atom. The highest BCUT2D eigenvalue weighted by Crippen LogP contribution is 2.16. The van der Waals surface area contributed by atoms with E-state index in [-0.39, 0.29) is 19.0 Å². The van der Waals surface area contributed by atoms with Crippen molar-refractivity contribution in [3.63, 3.8) is 0 Å². The SMILES string of the molecule is Cc1nn(C)c2ncc(C(=O)NCc3cn(CC(=O)O)nn3)cc12. The highest BCUT2D eigenvalue weighted by atomic mass is 16.4. The van der Waals surface area contributed by atoms with Crippen LogP contribution in [0.1, 0.15) is 21.7 Å². The standard InChI is InChI=1S/C14H15N7O3/c1-8-11-3-9(4-15-13(11)20(2)18-8)14(24)16-5-10-6-21(19-17-10)7-12(22)23/h3-4,6H,5,7H2,1-2H3,(H,16,24)(H,22,23). The van der Waals surface area contributed by atoms with E-state index in [0.29, 0.717) is 16.9 Å². The van der Waals surface area contributed by atoms with E-state index in [0.717, 1.165) is 11.1 Å². The fourth-order valence-corrected chi connectivity index (χ4v) is 2.34. The predicted molar refractivity (Wildman–Crippen MR) is 82.1 cm³/mol. The number of nitrogens with zero attached hydrogens (tertiary/aromatic N) is 6. The number of hydrogen-bond acceptors (Lipinski definition) is 6. The first kappa shape index (κ1) is 15.6. The zero-order chi connectivity index (χ0) is 17.3. The molecule has 1 amide bonds. The Bertz CT molecular complexity index is 928. The van der Waals surface area contributed by atoms with Crippen LogP contribution in [0.25, 0.3) is 11.0 Å². The molecular formula is C14H15N7O3. The van der Waals surface area contributed by atoms with Gasteiger partial charge in [-0.25, -0.2) is 9.67 Å². The number of amides is 1. The Hall–Kier alpha value is -3.30. The number of pyridine rings is 1.